The molecule has 5 rings (SSSR count). The predicted octanol–water partition coefficient (Wildman–Crippen LogP) is 5.09. The summed E-state index contributed by atoms with van der Waals surface area (Å²) >= 11 is 0. The van der Waals surface area contributed by atoms with Gasteiger partial charge in [0.2, 0.25) is 0 Å². The quantitative estimate of drug-likeness (QED) is 0.526. The highest BCUT2D eigenvalue weighted by molar-refractivity contribution is 5.87. The first-order valence-corrected chi connectivity index (χ1v) is 9.82. The van der Waals surface area contributed by atoms with Crippen LogP contribution in [0.1, 0.15) is 24.3 Å². The molecule has 0 radical (unpaired) electrons. The van der Waals surface area contributed by atoms with Crippen LogP contribution in [0.3, 0.4) is 0 Å². The average Bonchev–Trinajstić information content (AvgIpc) is 3.24. The molecule has 2 N–H and O–H groups in total. The fraction of sp³-hybridized carbons (Fsp3) is 0.217. The fourth-order valence-corrected chi connectivity index (χ4v) is 4.11. The van der Waals surface area contributed by atoms with Crippen LogP contribution in [0.4, 0.5) is 17.2 Å². The number of hydrogen-bond acceptors (Lipinski definition) is 4. The predicted molar refractivity (Wildman–Crippen MR) is 114 cm³/mol. The van der Waals surface area contributed by atoms with Crippen molar-refractivity contribution in [1.29, 1.82) is 0 Å². The Bertz CT molecular complexity index is 1070. The van der Waals surface area contributed by atoms with Crippen molar-refractivity contribution < 1.29 is 0 Å². The van der Waals surface area contributed by atoms with Crippen LogP contribution in [-0.4, -0.2) is 28.0 Å². The molecule has 0 amide bonds. The first kappa shape index (κ1) is 16.8. The lowest BCUT2D eigenvalue weighted by molar-refractivity contribution is 0.508. The Balaban J connectivity index is 1.38. The maximum atomic E-state index is 4.59. The molecular weight excluding hydrogens is 346 g/mol. The minimum Gasteiger partial charge on any atom is -0.356 e. The Labute approximate surface area is 164 Å². The monoisotopic (exact) mass is 369 g/mol. The van der Waals surface area contributed by atoms with E-state index in [4.69, 9.17) is 0 Å². The topological polar surface area (TPSA) is 56.8 Å². The van der Waals surface area contributed by atoms with Gasteiger partial charge in [-0.1, -0.05) is 30.3 Å². The van der Waals surface area contributed by atoms with Crippen LogP contribution in [0, 0.1) is 0 Å². The molecule has 1 aliphatic rings. The number of fused-ring (bicyclic) bond motifs is 1. The van der Waals surface area contributed by atoms with E-state index in [0.29, 0.717) is 5.92 Å². The molecule has 1 unspecified atom stereocenters. The first-order valence-electron chi connectivity index (χ1n) is 9.82. The summed E-state index contributed by atoms with van der Waals surface area (Å²) in [5, 5.41) is 4.61. The smallest absolute Gasteiger partial charge is 0.142 e. The van der Waals surface area contributed by atoms with Gasteiger partial charge in [-0.15, -0.1) is 0 Å². The Hall–Kier alpha value is -3.34. The number of nitrogens with zero attached hydrogens (tertiary/aromatic N) is 3. The molecule has 1 atom stereocenters. The van der Waals surface area contributed by atoms with Crippen molar-refractivity contribution >= 4 is 28.2 Å². The van der Waals surface area contributed by atoms with Gasteiger partial charge in [-0.2, -0.15) is 0 Å². The van der Waals surface area contributed by atoms with Crippen molar-refractivity contribution in [3.63, 3.8) is 0 Å². The zero-order valence-corrected chi connectivity index (χ0v) is 15.7. The summed E-state index contributed by atoms with van der Waals surface area (Å²) in [6.45, 7) is 2.02. The second-order valence-corrected chi connectivity index (χ2v) is 7.34. The number of aromatic nitrogens is 3. The Kier molecular flexibility index (Phi) is 4.41. The molecule has 3 heterocycles. The minimum atomic E-state index is 0.496. The van der Waals surface area contributed by atoms with Gasteiger partial charge in [-0.3, -0.25) is 0 Å². The number of benzene rings is 2. The molecule has 0 aliphatic carbocycles. The van der Waals surface area contributed by atoms with Gasteiger partial charge in [0.25, 0.3) is 0 Å². The molecule has 1 aliphatic heterocycles. The summed E-state index contributed by atoms with van der Waals surface area (Å²) < 4.78 is 0. The number of anilines is 3. The summed E-state index contributed by atoms with van der Waals surface area (Å²) in [6, 6.07) is 21.2. The van der Waals surface area contributed by atoms with Gasteiger partial charge in [0.05, 0.1) is 5.39 Å². The van der Waals surface area contributed by atoms with Gasteiger partial charge < -0.3 is 15.2 Å². The van der Waals surface area contributed by atoms with Crippen molar-refractivity contribution in [2.75, 3.05) is 23.3 Å². The molecule has 4 aromatic rings. The van der Waals surface area contributed by atoms with Crippen LogP contribution >= 0.6 is 0 Å². The highest BCUT2D eigenvalue weighted by atomic mass is 15.2. The van der Waals surface area contributed by atoms with Crippen molar-refractivity contribution in [3.05, 3.63) is 78.8 Å². The highest BCUT2D eigenvalue weighted by Crippen LogP contribution is 2.33. The van der Waals surface area contributed by atoms with Crippen LogP contribution in [0.5, 0.6) is 0 Å². The van der Waals surface area contributed by atoms with Gasteiger partial charge in [-0.25, -0.2) is 9.97 Å². The lowest BCUT2D eigenvalue weighted by atomic mass is 9.90. The molecule has 1 saturated heterocycles. The SMILES string of the molecule is c1ccc(Nc2cccc(C3CCCN(c4ncnc5[nH]ccc45)C3)c2)cc1. The van der Waals surface area contributed by atoms with Gasteiger partial charge >= 0.3 is 0 Å². The summed E-state index contributed by atoms with van der Waals surface area (Å²) in [5.41, 5.74) is 4.53. The third-order valence-electron chi connectivity index (χ3n) is 5.47. The van der Waals surface area contributed by atoms with E-state index in [1.54, 1.807) is 6.33 Å². The standard InChI is InChI=1S/C23H23N5/c1-2-8-19(9-3-1)27-20-10-4-6-17(14-20)18-7-5-13-28(15-18)23-21-11-12-24-22(21)25-16-26-23/h1-4,6,8-12,14,16,18,27H,5,7,13,15H2,(H,24,25,26). The summed E-state index contributed by atoms with van der Waals surface area (Å²) in [6.07, 6.45) is 5.95. The largest absolute Gasteiger partial charge is 0.356 e. The maximum Gasteiger partial charge on any atom is 0.142 e. The molecule has 5 heteroatoms. The third kappa shape index (κ3) is 3.31. The molecule has 28 heavy (non-hydrogen) atoms. The molecule has 2 aromatic heterocycles. The van der Waals surface area contributed by atoms with E-state index in [-0.39, 0.29) is 0 Å². The first-order chi connectivity index (χ1) is 13.9. The molecule has 0 bridgehead atoms. The van der Waals surface area contributed by atoms with E-state index < -0.39 is 0 Å². The lowest BCUT2D eigenvalue weighted by Crippen LogP contribution is -2.35. The van der Waals surface area contributed by atoms with Crippen LogP contribution in [0.25, 0.3) is 11.0 Å². The Morgan fingerprint density at radius 2 is 1.86 bits per heavy atom. The number of hydrogen-bond donors (Lipinski definition) is 2. The van der Waals surface area contributed by atoms with Crippen molar-refractivity contribution in [3.8, 4) is 0 Å². The number of H-pyrrole nitrogens is 1. The number of para-hydroxylation sites is 1. The van der Waals surface area contributed by atoms with Crippen LogP contribution in [0.15, 0.2) is 73.2 Å². The maximum absolute atomic E-state index is 4.59. The second-order valence-electron chi connectivity index (χ2n) is 7.34. The number of rotatable bonds is 4. The van der Waals surface area contributed by atoms with Gasteiger partial charge in [0, 0.05) is 36.6 Å². The summed E-state index contributed by atoms with van der Waals surface area (Å²) in [4.78, 5) is 14.5. The Morgan fingerprint density at radius 1 is 0.964 bits per heavy atom. The number of piperidine rings is 1. The van der Waals surface area contributed by atoms with Gasteiger partial charge in [0.1, 0.15) is 17.8 Å². The molecule has 5 nitrogen and oxygen atoms in total. The van der Waals surface area contributed by atoms with E-state index in [9.17, 15) is 0 Å². The summed E-state index contributed by atoms with van der Waals surface area (Å²) in [5.74, 6) is 1.53. The van der Waals surface area contributed by atoms with Crippen LogP contribution in [0.2, 0.25) is 0 Å². The number of aromatic amines is 1. The lowest BCUT2D eigenvalue weighted by Gasteiger charge is -2.34. The molecule has 2 aromatic carbocycles. The number of nitrogens with one attached hydrogen (secondary N) is 2. The average molecular weight is 369 g/mol. The minimum absolute atomic E-state index is 0.496. The van der Waals surface area contributed by atoms with Gasteiger partial charge in [-0.05, 0) is 48.7 Å². The molecule has 0 saturated carbocycles. The van der Waals surface area contributed by atoms with E-state index in [1.165, 1.54) is 12.0 Å². The summed E-state index contributed by atoms with van der Waals surface area (Å²) in [7, 11) is 0. The van der Waals surface area contributed by atoms with Crippen molar-refractivity contribution in [2.24, 2.45) is 0 Å². The molecule has 140 valence electrons. The van der Waals surface area contributed by atoms with Crippen LogP contribution in [-0.2, 0) is 0 Å². The molecule has 1 fully saturated rings. The zero-order chi connectivity index (χ0) is 18.8. The van der Waals surface area contributed by atoms with Crippen molar-refractivity contribution in [1.82, 2.24) is 15.0 Å². The molecular formula is C23H23N5. The highest BCUT2D eigenvalue weighted by Gasteiger charge is 2.24. The third-order valence-corrected chi connectivity index (χ3v) is 5.47. The van der Waals surface area contributed by atoms with E-state index >= 15 is 0 Å². The van der Waals surface area contributed by atoms with E-state index in [1.807, 2.05) is 12.3 Å². The van der Waals surface area contributed by atoms with E-state index in [0.717, 1.165) is 47.7 Å². The second kappa shape index (κ2) is 7.35. The van der Waals surface area contributed by atoms with Gasteiger partial charge in [0.15, 0.2) is 0 Å². The molecule has 0 spiro atoms. The normalized spacial score (nSPS) is 17.0. The zero-order valence-electron chi connectivity index (χ0n) is 15.7. The fourth-order valence-electron chi connectivity index (χ4n) is 4.11. The Morgan fingerprint density at radius 3 is 2.79 bits per heavy atom. The van der Waals surface area contributed by atoms with E-state index in [2.05, 4.69) is 79.8 Å². The van der Waals surface area contributed by atoms with Crippen LogP contribution < -0.4 is 10.2 Å². The van der Waals surface area contributed by atoms with Crippen molar-refractivity contribution in [2.45, 2.75) is 18.8 Å².